The molecule has 0 aliphatic carbocycles. The van der Waals surface area contributed by atoms with E-state index in [1.54, 1.807) is 23.1 Å². The second-order valence-electron chi connectivity index (χ2n) is 5.87. The molecule has 0 radical (unpaired) electrons. The molecule has 0 atom stereocenters. The molecule has 5 nitrogen and oxygen atoms in total. The number of nitrogens with zero attached hydrogens (tertiary/aromatic N) is 3. The standard InChI is InChI=1S/C16H19N3O2S2/c1-22-12-2-3-13-14(8-12)23-16(17-13)19-9-11(10-19)15(20)18-4-6-21-7-5-18/h2-3,8,11H,4-7,9-10H2,1H3. The van der Waals surface area contributed by atoms with Crippen molar-refractivity contribution in [1.82, 2.24) is 9.88 Å². The van der Waals surface area contributed by atoms with Crippen LogP contribution in [0.15, 0.2) is 23.1 Å². The Hall–Kier alpha value is -1.31. The minimum atomic E-state index is 0.113. The summed E-state index contributed by atoms with van der Waals surface area (Å²) in [5.41, 5.74) is 1.05. The number of benzene rings is 1. The fourth-order valence-electron chi connectivity index (χ4n) is 2.99. The first-order valence-corrected chi connectivity index (χ1v) is 9.85. The Morgan fingerprint density at radius 1 is 1.35 bits per heavy atom. The summed E-state index contributed by atoms with van der Waals surface area (Å²) in [6.45, 7) is 4.36. The van der Waals surface area contributed by atoms with Gasteiger partial charge in [-0.05, 0) is 24.5 Å². The molecule has 0 N–H and O–H groups in total. The largest absolute Gasteiger partial charge is 0.378 e. The molecule has 122 valence electrons. The Bertz CT molecular complexity index is 721. The van der Waals surface area contributed by atoms with E-state index in [0.717, 1.165) is 36.8 Å². The quantitative estimate of drug-likeness (QED) is 0.796. The second-order valence-corrected chi connectivity index (χ2v) is 7.76. The molecule has 1 amide bonds. The van der Waals surface area contributed by atoms with Gasteiger partial charge in [0, 0.05) is 31.1 Å². The highest BCUT2D eigenvalue weighted by atomic mass is 32.2. The molecule has 2 aliphatic heterocycles. The maximum absolute atomic E-state index is 12.4. The van der Waals surface area contributed by atoms with E-state index in [2.05, 4.69) is 29.4 Å². The van der Waals surface area contributed by atoms with E-state index in [9.17, 15) is 4.79 Å². The van der Waals surface area contributed by atoms with Gasteiger partial charge in [-0.2, -0.15) is 0 Å². The molecule has 0 spiro atoms. The predicted molar refractivity (Wildman–Crippen MR) is 94.5 cm³/mol. The predicted octanol–water partition coefficient (Wildman–Crippen LogP) is 2.31. The zero-order valence-corrected chi connectivity index (χ0v) is 14.7. The van der Waals surface area contributed by atoms with Crippen LogP contribution in [0.3, 0.4) is 0 Å². The van der Waals surface area contributed by atoms with Crippen molar-refractivity contribution in [3.8, 4) is 0 Å². The molecule has 0 unspecified atom stereocenters. The Morgan fingerprint density at radius 2 is 2.13 bits per heavy atom. The summed E-state index contributed by atoms with van der Waals surface area (Å²) in [5, 5.41) is 1.03. The zero-order chi connectivity index (χ0) is 15.8. The van der Waals surface area contributed by atoms with Crippen LogP contribution in [0.25, 0.3) is 10.2 Å². The third-order valence-corrected chi connectivity index (χ3v) is 6.21. The van der Waals surface area contributed by atoms with Crippen molar-refractivity contribution >= 4 is 44.4 Å². The lowest BCUT2D eigenvalue weighted by molar-refractivity contribution is -0.140. The van der Waals surface area contributed by atoms with E-state index in [-0.39, 0.29) is 11.8 Å². The molecule has 1 aromatic carbocycles. The minimum absolute atomic E-state index is 0.113. The van der Waals surface area contributed by atoms with Crippen LogP contribution in [0.2, 0.25) is 0 Å². The molecule has 7 heteroatoms. The first-order valence-electron chi connectivity index (χ1n) is 7.80. The van der Waals surface area contributed by atoms with Crippen LogP contribution in [0, 0.1) is 5.92 Å². The van der Waals surface area contributed by atoms with E-state index in [0.29, 0.717) is 13.2 Å². The lowest BCUT2D eigenvalue weighted by Crippen LogP contribution is -2.56. The minimum Gasteiger partial charge on any atom is -0.378 e. The summed E-state index contributed by atoms with van der Waals surface area (Å²) >= 11 is 3.46. The number of fused-ring (bicyclic) bond motifs is 1. The van der Waals surface area contributed by atoms with E-state index >= 15 is 0 Å². The lowest BCUT2D eigenvalue weighted by atomic mass is 9.99. The summed E-state index contributed by atoms with van der Waals surface area (Å²) in [7, 11) is 0. The summed E-state index contributed by atoms with van der Waals surface area (Å²) in [4.78, 5) is 22.6. The average molecular weight is 349 g/mol. The number of carbonyl (C=O) groups excluding carboxylic acids is 1. The van der Waals surface area contributed by atoms with Crippen molar-refractivity contribution in [2.24, 2.45) is 5.92 Å². The van der Waals surface area contributed by atoms with E-state index < -0.39 is 0 Å². The van der Waals surface area contributed by atoms with Gasteiger partial charge in [-0.3, -0.25) is 4.79 Å². The number of hydrogen-bond donors (Lipinski definition) is 0. The van der Waals surface area contributed by atoms with Crippen LogP contribution >= 0.6 is 23.1 Å². The SMILES string of the molecule is CSc1ccc2nc(N3CC(C(=O)N4CCOCC4)C3)sc2c1. The van der Waals surface area contributed by atoms with Crippen molar-refractivity contribution in [3.63, 3.8) is 0 Å². The number of ether oxygens (including phenoxy) is 1. The Balaban J connectivity index is 1.42. The van der Waals surface area contributed by atoms with Crippen LogP contribution in [0.1, 0.15) is 0 Å². The number of aromatic nitrogens is 1. The molecular weight excluding hydrogens is 330 g/mol. The van der Waals surface area contributed by atoms with Crippen molar-refractivity contribution in [3.05, 3.63) is 18.2 Å². The average Bonchev–Trinajstić information content (AvgIpc) is 2.96. The molecule has 0 saturated carbocycles. The summed E-state index contributed by atoms with van der Waals surface area (Å²) in [6.07, 6.45) is 2.08. The zero-order valence-electron chi connectivity index (χ0n) is 13.0. The van der Waals surface area contributed by atoms with Gasteiger partial charge < -0.3 is 14.5 Å². The van der Waals surface area contributed by atoms with Crippen LogP contribution < -0.4 is 4.90 Å². The summed E-state index contributed by atoms with van der Waals surface area (Å²) < 4.78 is 6.53. The number of hydrogen-bond acceptors (Lipinski definition) is 6. The number of carbonyl (C=O) groups is 1. The van der Waals surface area contributed by atoms with Crippen molar-refractivity contribution in [2.75, 3.05) is 50.5 Å². The molecular formula is C16H19N3O2S2. The van der Waals surface area contributed by atoms with Crippen LogP contribution in [-0.4, -0.2) is 61.4 Å². The van der Waals surface area contributed by atoms with Crippen LogP contribution in [-0.2, 0) is 9.53 Å². The Kier molecular flexibility index (Phi) is 4.17. The maximum Gasteiger partial charge on any atom is 0.229 e. The lowest BCUT2D eigenvalue weighted by Gasteiger charge is -2.41. The number of amides is 1. The number of rotatable bonds is 3. The molecule has 0 bridgehead atoms. The third-order valence-electron chi connectivity index (χ3n) is 4.41. The third kappa shape index (κ3) is 2.93. The Morgan fingerprint density at radius 3 is 2.87 bits per heavy atom. The van der Waals surface area contributed by atoms with Gasteiger partial charge in [0.15, 0.2) is 5.13 Å². The smallest absolute Gasteiger partial charge is 0.229 e. The Labute approximate surface area is 143 Å². The topological polar surface area (TPSA) is 45.7 Å². The first-order chi connectivity index (χ1) is 11.2. The first kappa shape index (κ1) is 15.2. The van der Waals surface area contributed by atoms with Crippen LogP contribution in [0.4, 0.5) is 5.13 Å². The van der Waals surface area contributed by atoms with Gasteiger partial charge in [0.1, 0.15) is 0 Å². The number of morpholine rings is 1. The van der Waals surface area contributed by atoms with E-state index in [1.165, 1.54) is 9.60 Å². The molecule has 3 heterocycles. The summed E-state index contributed by atoms with van der Waals surface area (Å²) in [5.74, 6) is 0.386. The number of anilines is 1. The van der Waals surface area contributed by atoms with Crippen molar-refractivity contribution in [2.45, 2.75) is 4.90 Å². The fourth-order valence-corrected chi connectivity index (χ4v) is 4.53. The number of thiazole rings is 1. The molecule has 4 rings (SSSR count). The second kappa shape index (κ2) is 6.30. The molecule has 1 aromatic heterocycles. The van der Waals surface area contributed by atoms with E-state index in [4.69, 9.17) is 9.72 Å². The molecule has 2 aliphatic rings. The fraction of sp³-hybridized carbons (Fsp3) is 0.500. The van der Waals surface area contributed by atoms with Gasteiger partial charge >= 0.3 is 0 Å². The normalized spacial score (nSPS) is 19.2. The highest BCUT2D eigenvalue weighted by molar-refractivity contribution is 7.98. The van der Waals surface area contributed by atoms with Gasteiger partial charge in [-0.25, -0.2) is 4.98 Å². The highest BCUT2D eigenvalue weighted by Gasteiger charge is 2.37. The molecule has 2 aromatic rings. The van der Waals surface area contributed by atoms with Gasteiger partial charge in [0.05, 0.1) is 29.3 Å². The highest BCUT2D eigenvalue weighted by Crippen LogP contribution is 2.35. The molecule has 23 heavy (non-hydrogen) atoms. The van der Waals surface area contributed by atoms with E-state index in [1.807, 2.05) is 4.90 Å². The maximum atomic E-state index is 12.4. The van der Waals surface area contributed by atoms with Gasteiger partial charge in [-0.1, -0.05) is 11.3 Å². The van der Waals surface area contributed by atoms with Crippen molar-refractivity contribution in [1.29, 1.82) is 0 Å². The summed E-state index contributed by atoms with van der Waals surface area (Å²) in [6, 6.07) is 6.38. The van der Waals surface area contributed by atoms with Gasteiger partial charge in [0.25, 0.3) is 0 Å². The van der Waals surface area contributed by atoms with Crippen molar-refractivity contribution < 1.29 is 9.53 Å². The van der Waals surface area contributed by atoms with Crippen LogP contribution in [0.5, 0.6) is 0 Å². The molecule has 2 fully saturated rings. The molecule has 2 saturated heterocycles. The number of thioether (sulfide) groups is 1. The van der Waals surface area contributed by atoms with Gasteiger partial charge in [0.2, 0.25) is 5.91 Å². The van der Waals surface area contributed by atoms with Gasteiger partial charge in [-0.15, -0.1) is 11.8 Å². The monoisotopic (exact) mass is 349 g/mol.